The molecule has 1 amide bonds. The first kappa shape index (κ1) is 22.7. The SMILES string of the molecule is CC(C)N(OCP)C(=O)c1ccc(Nc2ncc(-c3ccc(C(F)(F)F)cc3)o2)cn1. The molecular formula is C20H20F3N4O3P. The van der Waals surface area contributed by atoms with Crippen molar-refractivity contribution in [1.82, 2.24) is 15.0 Å². The summed E-state index contributed by atoms with van der Waals surface area (Å²) >= 11 is 0. The summed E-state index contributed by atoms with van der Waals surface area (Å²) < 4.78 is 43.6. The Morgan fingerprint density at radius 2 is 1.87 bits per heavy atom. The number of rotatable bonds is 7. The van der Waals surface area contributed by atoms with Crippen molar-refractivity contribution in [2.45, 2.75) is 26.1 Å². The average molecular weight is 452 g/mol. The molecule has 31 heavy (non-hydrogen) atoms. The van der Waals surface area contributed by atoms with Gasteiger partial charge in [-0.05, 0) is 38.1 Å². The standard InChI is InChI=1S/C20H20F3N4O3P/c1-12(2)27(29-11-31)18(28)16-8-7-15(9-24-16)26-19-25-10-17(30-19)13-3-5-14(6-4-13)20(21,22)23/h3-10,12H,11,31H2,1-2H3,(H,25,26). The van der Waals surface area contributed by atoms with Gasteiger partial charge in [0.05, 0.1) is 36.0 Å². The summed E-state index contributed by atoms with van der Waals surface area (Å²) in [6.07, 6.45) is -1.29. The molecule has 1 atom stereocenters. The molecule has 0 aliphatic rings. The van der Waals surface area contributed by atoms with Crippen molar-refractivity contribution in [1.29, 1.82) is 0 Å². The third-order valence-electron chi connectivity index (χ3n) is 4.12. The molecule has 0 bridgehead atoms. The van der Waals surface area contributed by atoms with Gasteiger partial charge in [-0.25, -0.2) is 15.0 Å². The Labute approximate surface area is 178 Å². The molecule has 0 saturated carbocycles. The topological polar surface area (TPSA) is 80.5 Å². The number of alkyl halides is 3. The van der Waals surface area contributed by atoms with Crippen LogP contribution in [-0.4, -0.2) is 33.3 Å². The monoisotopic (exact) mass is 452 g/mol. The normalized spacial score (nSPS) is 11.6. The average Bonchev–Trinajstić information content (AvgIpc) is 3.20. The molecule has 0 fully saturated rings. The third kappa shape index (κ3) is 5.59. The molecular weight excluding hydrogens is 432 g/mol. The van der Waals surface area contributed by atoms with Gasteiger partial charge in [-0.1, -0.05) is 12.1 Å². The summed E-state index contributed by atoms with van der Waals surface area (Å²) in [7, 11) is 2.38. The molecule has 0 spiro atoms. The number of benzene rings is 1. The van der Waals surface area contributed by atoms with E-state index in [2.05, 4.69) is 24.5 Å². The van der Waals surface area contributed by atoms with Crippen molar-refractivity contribution in [2.75, 3.05) is 11.7 Å². The highest BCUT2D eigenvalue weighted by Crippen LogP contribution is 2.31. The second kappa shape index (κ2) is 9.45. The number of amides is 1. The van der Waals surface area contributed by atoms with Gasteiger partial charge < -0.3 is 9.73 Å². The number of hydrogen-bond acceptors (Lipinski definition) is 6. The Morgan fingerprint density at radius 3 is 2.42 bits per heavy atom. The fraction of sp³-hybridized carbons (Fsp3) is 0.250. The molecule has 2 heterocycles. The Balaban J connectivity index is 1.69. The predicted octanol–water partition coefficient (Wildman–Crippen LogP) is 5.11. The van der Waals surface area contributed by atoms with Crippen molar-refractivity contribution in [3.05, 3.63) is 60.0 Å². The van der Waals surface area contributed by atoms with E-state index in [9.17, 15) is 18.0 Å². The zero-order chi connectivity index (χ0) is 22.6. The Kier molecular flexibility index (Phi) is 6.92. The summed E-state index contributed by atoms with van der Waals surface area (Å²) in [5.74, 6) is -0.0668. The fourth-order valence-electron chi connectivity index (χ4n) is 2.64. The summed E-state index contributed by atoms with van der Waals surface area (Å²) in [6, 6.07) is 7.71. The molecule has 0 saturated heterocycles. The minimum Gasteiger partial charge on any atom is -0.423 e. The Morgan fingerprint density at radius 1 is 1.16 bits per heavy atom. The molecule has 0 radical (unpaired) electrons. The molecule has 11 heteroatoms. The number of hydroxylamine groups is 2. The van der Waals surface area contributed by atoms with E-state index in [1.54, 1.807) is 6.07 Å². The maximum absolute atomic E-state index is 12.7. The van der Waals surface area contributed by atoms with E-state index in [-0.39, 0.29) is 30.0 Å². The molecule has 0 aliphatic carbocycles. The quantitative estimate of drug-likeness (QED) is 0.396. The van der Waals surface area contributed by atoms with Gasteiger partial charge in [0.2, 0.25) is 0 Å². The lowest BCUT2D eigenvalue weighted by Gasteiger charge is -2.24. The number of aromatic nitrogens is 2. The lowest BCUT2D eigenvalue weighted by molar-refractivity contribution is -0.137. The minimum atomic E-state index is -4.40. The molecule has 7 nitrogen and oxygen atoms in total. The Hall–Kier alpha value is -2.97. The maximum Gasteiger partial charge on any atom is 0.416 e. The minimum absolute atomic E-state index is 0.130. The van der Waals surface area contributed by atoms with Gasteiger partial charge in [0.1, 0.15) is 5.69 Å². The smallest absolute Gasteiger partial charge is 0.416 e. The van der Waals surface area contributed by atoms with E-state index in [4.69, 9.17) is 9.25 Å². The third-order valence-corrected chi connectivity index (χ3v) is 4.27. The second-order valence-electron chi connectivity index (χ2n) is 6.68. The zero-order valence-corrected chi connectivity index (χ0v) is 17.8. The van der Waals surface area contributed by atoms with Crippen LogP contribution in [0.4, 0.5) is 24.9 Å². The number of nitrogens with zero attached hydrogens (tertiary/aromatic N) is 3. The van der Waals surface area contributed by atoms with E-state index in [0.717, 1.165) is 12.1 Å². The molecule has 1 N–H and O–H groups in total. The van der Waals surface area contributed by atoms with E-state index in [0.29, 0.717) is 17.0 Å². The van der Waals surface area contributed by atoms with E-state index < -0.39 is 11.7 Å². The summed E-state index contributed by atoms with van der Waals surface area (Å²) in [5, 5.41) is 4.14. The van der Waals surface area contributed by atoms with Crippen molar-refractivity contribution in [3.8, 4) is 11.3 Å². The van der Waals surface area contributed by atoms with Crippen LogP contribution in [0.3, 0.4) is 0 Å². The summed E-state index contributed by atoms with van der Waals surface area (Å²) in [4.78, 5) is 26.0. The number of carbonyl (C=O) groups excluding carboxylic acids is 1. The first-order valence-corrected chi connectivity index (χ1v) is 10.0. The second-order valence-corrected chi connectivity index (χ2v) is 7.02. The van der Waals surface area contributed by atoms with E-state index in [1.807, 2.05) is 13.8 Å². The first-order chi connectivity index (χ1) is 14.7. The van der Waals surface area contributed by atoms with Crippen LogP contribution in [0, 0.1) is 0 Å². The fourth-order valence-corrected chi connectivity index (χ4v) is 2.80. The van der Waals surface area contributed by atoms with Crippen LogP contribution >= 0.6 is 9.24 Å². The van der Waals surface area contributed by atoms with Gasteiger partial charge in [0.25, 0.3) is 11.9 Å². The van der Waals surface area contributed by atoms with Gasteiger partial charge in [-0.15, -0.1) is 9.24 Å². The van der Waals surface area contributed by atoms with Gasteiger partial charge in [-0.2, -0.15) is 13.2 Å². The number of pyridine rings is 1. The number of hydrogen-bond donors (Lipinski definition) is 1. The summed E-state index contributed by atoms with van der Waals surface area (Å²) in [6.45, 7) is 3.65. The van der Waals surface area contributed by atoms with Crippen LogP contribution in [0.25, 0.3) is 11.3 Å². The highest BCUT2D eigenvalue weighted by Gasteiger charge is 2.30. The predicted molar refractivity (Wildman–Crippen MR) is 111 cm³/mol. The first-order valence-electron chi connectivity index (χ1n) is 9.22. The van der Waals surface area contributed by atoms with Crippen molar-refractivity contribution in [2.24, 2.45) is 0 Å². The molecule has 3 rings (SSSR count). The Bertz CT molecular complexity index is 1020. The van der Waals surface area contributed by atoms with Crippen LogP contribution in [0.15, 0.2) is 53.2 Å². The highest BCUT2D eigenvalue weighted by molar-refractivity contribution is 7.16. The number of nitrogens with one attached hydrogen (secondary N) is 1. The van der Waals surface area contributed by atoms with Crippen LogP contribution in [0.2, 0.25) is 0 Å². The molecule has 1 unspecified atom stereocenters. The number of anilines is 2. The van der Waals surface area contributed by atoms with Crippen LogP contribution < -0.4 is 5.32 Å². The van der Waals surface area contributed by atoms with Gasteiger partial charge in [0, 0.05) is 5.56 Å². The number of carbonyl (C=O) groups is 1. The van der Waals surface area contributed by atoms with E-state index in [1.165, 1.54) is 35.7 Å². The number of oxazole rings is 1. The summed E-state index contributed by atoms with van der Waals surface area (Å²) in [5.41, 5.74) is 0.431. The molecule has 3 aromatic rings. The maximum atomic E-state index is 12.7. The van der Waals surface area contributed by atoms with Crippen molar-refractivity contribution >= 4 is 26.8 Å². The molecule has 0 aliphatic heterocycles. The van der Waals surface area contributed by atoms with Crippen molar-refractivity contribution < 1.29 is 27.2 Å². The van der Waals surface area contributed by atoms with Crippen LogP contribution in [0.1, 0.15) is 29.9 Å². The van der Waals surface area contributed by atoms with E-state index >= 15 is 0 Å². The van der Waals surface area contributed by atoms with Crippen LogP contribution in [-0.2, 0) is 11.0 Å². The zero-order valence-electron chi connectivity index (χ0n) is 16.7. The largest absolute Gasteiger partial charge is 0.423 e. The lowest BCUT2D eigenvalue weighted by Crippen LogP contribution is -2.37. The van der Waals surface area contributed by atoms with Gasteiger partial charge in [0.15, 0.2) is 5.76 Å². The van der Waals surface area contributed by atoms with Gasteiger partial charge >= 0.3 is 6.18 Å². The molecule has 1 aromatic carbocycles. The van der Waals surface area contributed by atoms with Crippen LogP contribution in [0.5, 0.6) is 0 Å². The van der Waals surface area contributed by atoms with Gasteiger partial charge in [-0.3, -0.25) is 9.63 Å². The number of halogens is 3. The molecule has 2 aromatic heterocycles. The van der Waals surface area contributed by atoms with Crippen molar-refractivity contribution in [3.63, 3.8) is 0 Å². The lowest BCUT2D eigenvalue weighted by atomic mass is 10.1. The molecule has 164 valence electrons. The highest BCUT2D eigenvalue weighted by atomic mass is 31.0.